The molecule has 0 aliphatic carbocycles. The van der Waals surface area contributed by atoms with Gasteiger partial charge in [-0.1, -0.05) is 73.5 Å². The maximum absolute atomic E-state index is 15.8. The molecular formula is C49H56N6O3S2. The van der Waals surface area contributed by atoms with E-state index in [1.165, 1.54) is 0 Å². The summed E-state index contributed by atoms with van der Waals surface area (Å²) < 4.78 is 13.1. The maximum Gasteiger partial charge on any atom is 0.174 e. The first-order valence-corrected chi connectivity index (χ1v) is 23.0. The van der Waals surface area contributed by atoms with E-state index >= 15 is 4.79 Å². The highest BCUT2D eigenvalue weighted by atomic mass is 32.1. The van der Waals surface area contributed by atoms with Crippen molar-refractivity contribution in [2.45, 2.75) is 62.7 Å². The van der Waals surface area contributed by atoms with Gasteiger partial charge in [0.25, 0.3) is 0 Å². The zero-order valence-electron chi connectivity index (χ0n) is 35.2. The summed E-state index contributed by atoms with van der Waals surface area (Å²) in [6.07, 6.45) is 6.02. The number of carbonyl (C=O) groups is 1. The number of piperidine rings is 2. The normalized spacial score (nSPS) is 18.4. The number of ketones is 1. The summed E-state index contributed by atoms with van der Waals surface area (Å²) in [4.78, 5) is 35.3. The largest absolute Gasteiger partial charge is 0.491 e. The Bertz CT molecular complexity index is 2100. The molecule has 2 saturated heterocycles. The first-order valence-electron chi connectivity index (χ1n) is 21.2. The van der Waals surface area contributed by atoms with Gasteiger partial charge in [-0.05, 0) is 87.3 Å². The van der Waals surface area contributed by atoms with Gasteiger partial charge >= 0.3 is 0 Å². The van der Waals surface area contributed by atoms with E-state index in [1.54, 1.807) is 22.7 Å². The molecule has 0 bridgehead atoms. The number of anilines is 2. The van der Waals surface area contributed by atoms with Crippen molar-refractivity contribution in [3.63, 3.8) is 0 Å². The number of aromatic nitrogens is 2. The van der Waals surface area contributed by atoms with Crippen molar-refractivity contribution in [3.05, 3.63) is 130 Å². The Morgan fingerprint density at radius 1 is 0.600 bits per heavy atom. The second kappa shape index (κ2) is 19.5. The minimum absolute atomic E-state index is 0.0138. The molecule has 9 nitrogen and oxygen atoms in total. The van der Waals surface area contributed by atoms with Gasteiger partial charge in [-0.25, -0.2) is 9.97 Å². The number of ether oxygens (including phenoxy) is 2. The van der Waals surface area contributed by atoms with Crippen LogP contribution in [0.25, 0.3) is 22.5 Å². The van der Waals surface area contributed by atoms with Crippen molar-refractivity contribution in [1.29, 1.82) is 0 Å². The van der Waals surface area contributed by atoms with E-state index in [9.17, 15) is 0 Å². The van der Waals surface area contributed by atoms with E-state index in [1.807, 2.05) is 60.7 Å². The molecular weight excluding hydrogens is 785 g/mol. The number of hydrogen-bond acceptors (Lipinski definition) is 11. The molecule has 11 heteroatoms. The van der Waals surface area contributed by atoms with E-state index in [0.29, 0.717) is 0 Å². The Morgan fingerprint density at radius 3 is 1.38 bits per heavy atom. The SMILES string of the molecule is CN(C)c1ccc(-c2csc([C@H]3CCCCN3C(COc3ccccc3)C(=O)C(COc3ccccc3)N3CCCC[C@@H]3c3nc(-c4ccc(N(C)C)cc4)cs3)n2)cc1. The van der Waals surface area contributed by atoms with Crippen molar-refractivity contribution < 1.29 is 14.3 Å². The van der Waals surface area contributed by atoms with Crippen LogP contribution >= 0.6 is 22.7 Å². The van der Waals surface area contributed by atoms with Crippen molar-refractivity contribution >= 4 is 39.8 Å². The maximum atomic E-state index is 15.8. The number of nitrogens with zero attached hydrogens (tertiary/aromatic N) is 6. The fourth-order valence-corrected chi connectivity index (χ4v) is 10.4. The van der Waals surface area contributed by atoms with Gasteiger partial charge in [0.05, 0.1) is 23.5 Å². The molecule has 312 valence electrons. The number of rotatable bonds is 16. The summed E-state index contributed by atoms with van der Waals surface area (Å²) in [5, 5.41) is 6.41. The molecule has 8 rings (SSSR count). The van der Waals surface area contributed by atoms with Crippen LogP contribution in [0.4, 0.5) is 11.4 Å². The van der Waals surface area contributed by atoms with E-state index in [0.717, 1.165) is 107 Å². The average molecular weight is 841 g/mol. The van der Waals surface area contributed by atoms with Gasteiger partial charge < -0.3 is 19.3 Å². The molecule has 0 spiro atoms. The molecule has 2 aliphatic heterocycles. The van der Waals surface area contributed by atoms with Gasteiger partial charge in [-0.2, -0.15) is 0 Å². The number of para-hydroxylation sites is 2. The van der Waals surface area contributed by atoms with Crippen LogP contribution in [0.15, 0.2) is 120 Å². The van der Waals surface area contributed by atoms with Crippen LogP contribution < -0.4 is 19.3 Å². The molecule has 2 unspecified atom stereocenters. The molecule has 2 aromatic heterocycles. The number of carbonyl (C=O) groups excluding carboxylic acids is 1. The third-order valence-electron chi connectivity index (χ3n) is 11.8. The Balaban J connectivity index is 1.13. The lowest BCUT2D eigenvalue weighted by Gasteiger charge is -2.44. The Kier molecular flexibility index (Phi) is 13.6. The minimum atomic E-state index is -0.531. The monoisotopic (exact) mass is 840 g/mol. The summed E-state index contributed by atoms with van der Waals surface area (Å²) in [6.45, 7) is 2.02. The molecule has 0 N–H and O–H groups in total. The highest BCUT2D eigenvalue weighted by molar-refractivity contribution is 7.10. The van der Waals surface area contributed by atoms with Crippen molar-refractivity contribution in [2.24, 2.45) is 0 Å². The molecule has 2 aliphatic rings. The molecule has 0 radical (unpaired) electrons. The average Bonchev–Trinajstić information content (AvgIpc) is 3.99. The highest BCUT2D eigenvalue weighted by Gasteiger charge is 2.43. The second-order valence-corrected chi connectivity index (χ2v) is 18.0. The molecule has 4 heterocycles. The van der Waals surface area contributed by atoms with Gasteiger partial charge in [-0.15, -0.1) is 22.7 Å². The standard InChI is InChI=1S/C49H56N6O3S2/c1-52(2)37-25-21-35(22-26-37)41-33-59-48(50-41)43-19-11-13-29-54(43)45(31-57-39-15-7-5-8-16-39)47(56)46(32-58-40-17-9-6-10-18-40)55-30-14-12-20-44(55)49-51-42(34-60-49)36-23-27-38(28-24-36)53(3)4/h5-10,15-18,21-28,33-34,43-46H,11-14,19-20,29-32H2,1-4H3/t43-,44-,45?,46?/m1/s1. The summed E-state index contributed by atoms with van der Waals surface area (Å²) in [7, 11) is 8.21. The van der Waals surface area contributed by atoms with Crippen LogP contribution in [0.5, 0.6) is 11.5 Å². The predicted molar refractivity (Wildman–Crippen MR) is 247 cm³/mol. The summed E-state index contributed by atoms with van der Waals surface area (Å²) in [5.41, 5.74) is 6.43. The van der Waals surface area contributed by atoms with Gasteiger partial charge in [-0.3, -0.25) is 14.6 Å². The van der Waals surface area contributed by atoms with Crippen molar-refractivity contribution in [3.8, 4) is 34.0 Å². The van der Waals surface area contributed by atoms with Crippen LogP contribution in [0, 0.1) is 0 Å². The third kappa shape index (κ3) is 9.76. The number of thiazole rings is 2. The number of benzene rings is 4. The quantitative estimate of drug-likeness (QED) is 0.0947. The van der Waals surface area contributed by atoms with Crippen molar-refractivity contribution in [2.75, 3.05) is 64.3 Å². The molecule has 6 aromatic rings. The van der Waals surface area contributed by atoms with Crippen LogP contribution in [0.2, 0.25) is 0 Å². The smallest absolute Gasteiger partial charge is 0.174 e. The molecule has 0 saturated carbocycles. The fourth-order valence-electron chi connectivity index (χ4n) is 8.48. The molecule has 4 aromatic carbocycles. The lowest BCUT2D eigenvalue weighted by Crippen LogP contribution is -2.58. The van der Waals surface area contributed by atoms with Gasteiger partial charge in [0.2, 0.25) is 0 Å². The van der Waals surface area contributed by atoms with E-state index < -0.39 is 12.1 Å². The predicted octanol–water partition coefficient (Wildman–Crippen LogP) is 10.3. The minimum Gasteiger partial charge on any atom is -0.491 e. The fraction of sp³-hybridized carbons (Fsp3) is 0.367. The topological polar surface area (TPSA) is 74.3 Å². The molecule has 4 atom stereocenters. The van der Waals surface area contributed by atoms with Gasteiger partial charge in [0, 0.05) is 61.5 Å². The van der Waals surface area contributed by atoms with Crippen LogP contribution in [-0.2, 0) is 4.79 Å². The summed E-state index contributed by atoms with van der Waals surface area (Å²) in [6, 6.07) is 35.8. The first kappa shape index (κ1) is 41.7. The summed E-state index contributed by atoms with van der Waals surface area (Å²) in [5.74, 6) is 1.62. The van der Waals surface area contributed by atoms with E-state index in [4.69, 9.17) is 19.4 Å². The lowest BCUT2D eigenvalue weighted by atomic mass is 9.93. The molecule has 0 amide bonds. The Labute approximate surface area is 363 Å². The van der Waals surface area contributed by atoms with Gasteiger partial charge in [0.15, 0.2) is 5.78 Å². The Hall–Kier alpha value is -5.07. The zero-order valence-corrected chi connectivity index (χ0v) is 36.8. The first-order chi connectivity index (χ1) is 29.3. The highest BCUT2D eigenvalue weighted by Crippen LogP contribution is 2.40. The molecule has 2 fully saturated rings. The van der Waals surface area contributed by atoms with Crippen molar-refractivity contribution in [1.82, 2.24) is 19.8 Å². The Morgan fingerprint density at radius 2 is 1.00 bits per heavy atom. The van der Waals surface area contributed by atoms with Crippen LogP contribution in [-0.4, -0.2) is 92.1 Å². The third-order valence-corrected chi connectivity index (χ3v) is 13.7. The second-order valence-electron chi connectivity index (χ2n) is 16.2. The van der Waals surface area contributed by atoms with Crippen LogP contribution in [0.3, 0.4) is 0 Å². The number of likely N-dealkylation sites (tertiary alicyclic amines) is 2. The van der Waals surface area contributed by atoms with E-state index in [2.05, 4.69) is 107 Å². The lowest BCUT2D eigenvalue weighted by molar-refractivity contribution is -0.136. The number of hydrogen-bond donors (Lipinski definition) is 0. The van der Waals surface area contributed by atoms with Crippen LogP contribution in [0.1, 0.15) is 60.6 Å². The summed E-state index contributed by atoms with van der Waals surface area (Å²) >= 11 is 3.39. The zero-order chi connectivity index (χ0) is 41.4. The molecule has 60 heavy (non-hydrogen) atoms. The number of Topliss-reactive ketones (excluding diaryl/α,β-unsaturated/α-hetero) is 1. The van der Waals surface area contributed by atoms with E-state index in [-0.39, 0.29) is 31.1 Å². The van der Waals surface area contributed by atoms with Gasteiger partial charge in [0.1, 0.15) is 46.8 Å².